The van der Waals surface area contributed by atoms with E-state index in [1.807, 2.05) is 24.3 Å². The Labute approximate surface area is 135 Å². The molecule has 23 heavy (non-hydrogen) atoms. The Morgan fingerprint density at radius 1 is 1.26 bits per heavy atom. The summed E-state index contributed by atoms with van der Waals surface area (Å²) in [6, 6.07) is 6.99. The maximum Gasteiger partial charge on any atom is 0.332 e. The van der Waals surface area contributed by atoms with Gasteiger partial charge in [0.15, 0.2) is 11.0 Å². The van der Waals surface area contributed by atoms with E-state index in [4.69, 9.17) is 5.73 Å². The number of aromatic nitrogens is 3. The normalized spacial score (nSPS) is 11.4. The number of fused-ring (bicyclic) bond motifs is 1. The topological polar surface area (TPSA) is 118 Å². The molecule has 0 spiro atoms. The average molecular weight is 327 g/mol. The van der Waals surface area contributed by atoms with Crippen LogP contribution in [0.2, 0.25) is 0 Å². The molecule has 0 unspecified atom stereocenters. The van der Waals surface area contributed by atoms with E-state index in [1.165, 1.54) is 11.3 Å². The van der Waals surface area contributed by atoms with Crippen LogP contribution in [-0.2, 0) is 0 Å². The maximum atomic E-state index is 10.9. The molecule has 1 aromatic carbocycles. The van der Waals surface area contributed by atoms with Gasteiger partial charge in [-0.05, 0) is 19.1 Å². The number of hydrogen-bond donors (Lipinski definition) is 3. The second-order valence-electron chi connectivity index (χ2n) is 4.54. The van der Waals surface area contributed by atoms with Gasteiger partial charge in [0.25, 0.3) is 0 Å². The van der Waals surface area contributed by atoms with Crippen molar-refractivity contribution < 1.29 is 4.79 Å². The summed E-state index contributed by atoms with van der Waals surface area (Å²) < 4.78 is 1.04. The predicted molar refractivity (Wildman–Crippen MR) is 89.3 cm³/mol. The minimum atomic E-state index is -0.768. The van der Waals surface area contributed by atoms with Gasteiger partial charge in [-0.25, -0.2) is 20.2 Å². The molecule has 3 aromatic rings. The van der Waals surface area contributed by atoms with Crippen molar-refractivity contribution in [3.63, 3.8) is 0 Å². The number of amidine groups is 1. The zero-order valence-electron chi connectivity index (χ0n) is 12.1. The Hall–Kier alpha value is -3.07. The van der Waals surface area contributed by atoms with Gasteiger partial charge in [0, 0.05) is 12.4 Å². The molecule has 4 N–H and O–H groups in total. The van der Waals surface area contributed by atoms with Gasteiger partial charge in [-0.3, -0.25) is 4.98 Å². The van der Waals surface area contributed by atoms with Crippen molar-refractivity contribution in [1.82, 2.24) is 20.4 Å². The van der Waals surface area contributed by atoms with Gasteiger partial charge in [0.1, 0.15) is 5.69 Å². The molecule has 2 aromatic heterocycles. The molecule has 0 aliphatic heterocycles. The fourth-order valence-corrected chi connectivity index (χ4v) is 2.78. The van der Waals surface area contributed by atoms with E-state index in [2.05, 4.69) is 30.8 Å². The Balaban J connectivity index is 1.97. The molecule has 0 fully saturated rings. The van der Waals surface area contributed by atoms with Gasteiger partial charge in [0.2, 0.25) is 0 Å². The van der Waals surface area contributed by atoms with Gasteiger partial charge in [-0.1, -0.05) is 23.5 Å². The molecule has 3 rings (SSSR count). The summed E-state index contributed by atoms with van der Waals surface area (Å²) in [5.41, 5.74) is 9.31. The molecule has 0 saturated heterocycles. The number of urea groups is 1. The first kappa shape index (κ1) is 14.9. The van der Waals surface area contributed by atoms with Crippen LogP contribution in [-0.4, -0.2) is 26.8 Å². The molecule has 0 radical (unpaired) electrons. The lowest BCUT2D eigenvalue weighted by Crippen LogP contribution is -2.28. The van der Waals surface area contributed by atoms with Crippen molar-refractivity contribution in [2.24, 2.45) is 10.8 Å². The van der Waals surface area contributed by atoms with Crippen LogP contribution < -0.4 is 16.5 Å². The lowest BCUT2D eigenvalue weighted by atomic mass is 10.3. The van der Waals surface area contributed by atoms with E-state index in [0.29, 0.717) is 22.4 Å². The highest BCUT2D eigenvalue weighted by molar-refractivity contribution is 7.22. The van der Waals surface area contributed by atoms with Crippen molar-refractivity contribution in [3.05, 3.63) is 48.0 Å². The van der Waals surface area contributed by atoms with Crippen molar-refractivity contribution in [2.45, 2.75) is 6.92 Å². The minimum absolute atomic E-state index is 0.313. The molecular formula is C14H13N7OS. The van der Waals surface area contributed by atoms with Crippen molar-refractivity contribution in [2.75, 3.05) is 5.32 Å². The number of hydrogen-bond acceptors (Lipinski definition) is 6. The van der Waals surface area contributed by atoms with Crippen LogP contribution >= 0.6 is 11.3 Å². The molecule has 8 nitrogen and oxygen atoms in total. The Bertz CT molecular complexity index is 856. The second kappa shape index (κ2) is 6.36. The number of thiazole rings is 1. The summed E-state index contributed by atoms with van der Waals surface area (Å²) in [4.78, 5) is 23.8. The number of rotatable bonds is 3. The smallest absolute Gasteiger partial charge is 0.332 e. The van der Waals surface area contributed by atoms with E-state index in [9.17, 15) is 4.79 Å². The maximum absolute atomic E-state index is 10.9. The first-order valence-electron chi connectivity index (χ1n) is 6.67. The molecule has 2 amide bonds. The number of carbonyl (C=O) groups excluding carboxylic acids is 1. The largest absolute Gasteiger partial charge is 0.350 e. The predicted octanol–water partition coefficient (Wildman–Crippen LogP) is 1.84. The zero-order valence-corrected chi connectivity index (χ0v) is 13.0. The number of nitrogens with zero attached hydrogens (tertiary/aromatic N) is 4. The van der Waals surface area contributed by atoms with Gasteiger partial charge < -0.3 is 11.1 Å². The average Bonchev–Trinajstić information content (AvgIpc) is 2.94. The number of amides is 2. The lowest BCUT2D eigenvalue weighted by Gasteiger charge is -2.08. The summed E-state index contributed by atoms with van der Waals surface area (Å²) in [7, 11) is 0. The molecule has 116 valence electrons. The van der Waals surface area contributed by atoms with Crippen LogP contribution in [0.4, 0.5) is 9.93 Å². The number of nitrogens with two attached hydrogens (primary N) is 1. The fourth-order valence-electron chi connectivity index (χ4n) is 1.92. The van der Waals surface area contributed by atoms with Crippen molar-refractivity contribution >= 4 is 38.6 Å². The zero-order chi connectivity index (χ0) is 16.2. The van der Waals surface area contributed by atoms with E-state index >= 15 is 0 Å². The van der Waals surface area contributed by atoms with E-state index < -0.39 is 6.03 Å². The van der Waals surface area contributed by atoms with Gasteiger partial charge >= 0.3 is 6.03 Å². The highest BCUT2D eigenvalue weighted by atomic mass is 32.1. The Morgan fingerprint density at radius 3 is 2.78 bits per heavy atom. The first-order valence-corrected chi connectivity index (χ1v) is 7.49. The van der Waals surface area contributed by atoms with Crippen LogP contribution in [0.15, 0.2) is 41.8 Å². The van der Waals surface area contributed by atoms with E-state index in [-0.39, 0.29) is 0 Å². The fraction of sp³-hybridized carbons (Fsp3) is 0.0714. The Morgan fingerprint density at radius 2 is 2.04 bits per heavy atom. The third kappa shape index (κ3) is 3.40. The number of benzene rings is 1. The monoisotopic (exact) mass is 327 g/mol. The molecule has 2 heterocycles. The third-order valence-corrected chi connectivity index (χ3v) is 3.85. The number of nitrogens with one attached hydrogen (secondary N) is 2. The molecule has 0 saturated carbocycles. The van der Waals surface area contributed by atoms with Crippen molar-refractivity contribution in [1.29, 1.82) is 0 Å². The quantitative estimate of drug-likeness (QED) is 0.385. The molecule has 0 atom stereocenters. The van der Waals surface area contributed by atoms with Gasteiger partial charge in [-0.15, -0.1) is 0 Å². The van der Waals surface area contributed by atoms with E-state index in [0.717, 1.165) is 10.2 Å². The first-order chi connectivity index (χ1) is 11.1. The van der Waals surface area contributed by atoms with Gasteiger partial charge in [0.05, 0.1) is 15.9 Å². The van der Waals surface area contributed by atoms with E-state index in [1.54, 1.807) is 19.3 Å². The standard InChI is InChI=1S/C14H13N7OS/c1-8-11(17-7-6-16-8)12(20-21-13(15)22)19-14-18-9-4-2-3-5-10(9)23-14/h2-7H,1H3,(H3,15,21,22)(H,18,19,20). The van der Waals surface area contributed by atoms with Crippen LogP contribution in [0.3, 0.4) is 0 Å². The summed E-state index contributed by atoms with van der Waals surface area (Å²) in [6.45, 7) is 1.79. The SMILES string of the molecule is Cc1nccnc1C(=NNC(N)=O)Nc1nc2ccccc2s1. The molecule has 0 aliphatic carbocycles. The highest BCUT2D eigenvalue weighted by Crippen LogP contribution is 2.25. The van der Waals surface area contributed by atoms with Crippen molar-refractivity contribution in [3.8, 4) is 0 Å². The van der Waals surface area contributed by atoms with Crippen LogP contribution in [0, 0.1) is 6.92 Å². The molecule has 0 aliphatic rings. The van der Waals surface area contributed by atoms with Crippen LogP contribution in [0.25, 0.3) is 10.2 Å². The number of anilines is 1. The van der Waals surface area contributed by atoms with Crippen LogP contribution in [0.5, 0.6) is 0 Å². The number of aryl methyl sites for hydroxylation is 1. The minimum Gasteiger partial charge on any atom is -0.350 e. The molecular weight excluding hydrogens is 314 g/mol. The van der Waals surface area contributed by atoms with Gasteiger partial charge in [-0.2, -0.15) is 5.10 Å². The highest BCUT2D eigenvalue weighted by Gasteiger charge is 2.13. The summed E-state index contributed by atoms with van der Waals surface area (Å²) in [6.07, 6.45) is 3.12. The third-order valence-electron chi connectivity index (χ3n) is 2.90. The Kier molecular flexibility index (Phi) is 4.11. The number of para-hydroxylation sites is 1. The van der Waals surface area contributed by atoms with Crippen LogP contribution in [0.1, 0.15) is 11.4 Å². The summed E-state index contributed by atoms with van der Waals surface area (Å²) >= 11 is 1.47. The number of carbonyl (C=O) groups is 1. The number of hydrazone groups is 1. The lowest BCUT2D eigenvalue weighted by molar-refractivity contribution is 0.249. The summed E-state index contributed by atoms with van der Waals surface area (Å²) in [5, 5.41) is 7.66. The second-order valence-corrected chi connectivity index (χ2v) is 5.57. The molecule has 0 bridgehead atoms. The number of primary amides is 1. The molecule has 9 heteroatoms. The summed E-state index contributed by atoms with van der Waals surface area (Å²) in [5.74, 6) is 0.313.